The molecule has 14 rings (SSSR count). The third kappa shape index (κ3) is 7.63. The molecule has 0 bridgehead atoms. The molecular formula is C66H40N10. The fourth-order valence-corrected chi connectivity index (χ4v) is 10.4. The maximum atomic E-state index is 11.8. The first kappa shape index (κ1) is 44.0. The van der Waals surface area contributed by atoms with Crippen LogP contribution in [0.5, 0.6) is 0 Å². The first-order chi connectivity index (χ1) is 37.6. The third-order valence-electron chi connectivity index (χ3n) is 14.0. The van der Waals surface area contributed by atoms with E-state index >= 15 is 0 Å². The molecule has 0 saturated heterocycles. The Labute approximate surface area is 436 Å². The molecule has 5 aromatic heterocycles. The van der Waals surface area contributed by atoms with Gasteiger partial charge in [-0.1, -0.05) is 182 Å². The monoisotopic (exact) mass is 972 g/mol. The minimum Gasteiger partial charge on any atom is -0.308 e. The summed E-state index contributed by atoms with van der Waals surface area (Å²) < 4.78 is 4.44. The van der Waals surface area contributed by atoms with Gasteiger partial charge in [-0.2, -0.15) is 5.26 Å². The number of aromatic nitrogens is 9. The van der Waals surface area contributed by atoms with E-state index < -0.39 is 0 Å². The molecule has 76 heavy (non-hydrogen) atoms. The van der Waals surface area contributed by atoms with Crippen molar-refractivity contribution in [2.45, 2.75) is 0 Å². The zero-order chi connectivity index (χ0) is 50.5. The number of pyridine rings is 1. The number of nitrogens with zero attached hydrogens (tertiary/aromatic N) is 10. The van der Waals surface area contributed by atoms with E-state index in [9.17, 15) is 5.26 Å². The van der Waals surface area contributed by atoms with Crippen LogP contribution in [0.2, 0.25) is 0 Å². The molecule has 0 aliphatic heterocycles. The Morgan fingerprint density at radius 1 is 0.276 bits per heavy atom. The van der Waals surface area contributed by atoms with E-state index in [1.807, 2.05) is 146 Å². The third-order valence-corrected chi connectivity index (χ3v) is 14.0. The Morgan fingerprint density at radius 3 is 0.974 bits per heavy atom. The molecule has 0 aliphatic rings. The van der Waals surface area contributed by atoms with E-state index in [-0.39, 0.29) is 0 Å². The van der Waals surface area contributed by atoms with Crippen LogP contribution < -0.4 is 0 Å². The average molecular weight is 973 g/mol. The minimum atomic E-state index is 0.481. The molecule has 5 heterocycles. The number of rotatable bonds is 9. The highest BCUT2D eigenvalue weighted by atomic mass is 15.1. The molecule has 0 saturated carbocycles. The second kappa shape index (κ2) is 18.4. The molecule has 0 amide bonds. The highest BCUT2D eigenvalue weighted by Crippen LogP contribution is 2.42. The van der Waals surface area contributed by atoms with Gasteiger partial charge in [-0.15, -0.1) is 0 Å². The first-order valence-corrected chi connectivity index (χ1v) is 24.9. The van der Waals surface area contributed by atoms with Crippen LogP contribution in [0.4, 0.5) is 0 Å². The topological polar surface area (TPSA) is 124 Å². The number of hydrogen-bond donors (Lipinski definition) is 0. The predicted octanol–water partition coefficient (Wildman–Crippen LogP) is 15.2. The smallest absolute Gasteiger partial charge is 0.164 e. The predicted molar refractivity (Wildman–Crippen MR) is 302 cm³/mol. The maximum absolute atomic E-state index is 11.8. The summed E-state index contributed by atoms with van der Waals surface area (Å²) in [6.07, 6.45) is 3.60. The molecule has 10 nitrogen and oxygen atoms in total. The summed E-state index contributed by atoms with van der Waals surface area (Å²) in [7, 11) is 0. The van der Waals surface area contributed by atoms with Crippen molar-refractivity contribution in [3.63, 3.8) is 0 Å². The number of fused-ring (bicyclic) bond motifs is 6. The highest BCUT2D eigenvalue weighted by molar-refractivity contribution is 6.12. The average Bonchev–Trinajstić information content (AvgIpc) is 4.14. The van der Waals surface area contributed by atoms with E-state index in [2.05, 4.69) is 105 Å². The van der Waals surface area contributed by atoms with E-state index in [0.29, 0.717) is 51.9 Å². The van der Waals surface area contributed by atoms with Crippen molar-refractivity contribution < 1.29 is 0 Å². The van der Waals surface area contributed by atoms with Gasteiger partial charge in [-0.3, -0.25) is 4.98 Å². The highest BCUT2D eigenvalue weighted by Gasteiger charge is 2.24. The van der Waals surface area contributed by atoms with Crippen molar-refractivity contribution in [2.24, 2.45) is 0 Å². The lowest BCUT2D eigenvalue weighted by Gasteiger charge is -2.18. The van der Waals surface area contributed by atoms with E-state index in [0.717, 1.165) is 88.1 Å². The van der Waals surface area contributed by atoms with Gasteiger partial charge in [0.05, 0.1) is 33.4 Å². The molecule has 9 aromatic carbocycles. The van der Waals surface area contributed by atoms with Crippen LogP contribution >= 0.6 is 0 Å². The van der Waals surface area contributed by atoms with Crippen molar-refractivity contribution in [3.8, 4) is 96.9 Å². The first-order valence-electron chi connectivity index (χ1n) is 24.9. The largest absolute Gasteiger partial charge is 0.308 e. The summed E-state index contributed by atoms with van der Waals surface area (Å²) in [5.41, 5.74) is 12.6. The Balaban J connectivity index is 1.02. The van der Waals surface area contributed by atoms with Crippen LogP contribution in [0, 0.1) is 11.3 Å². The Kier molecular flexibility index (Phi) is 10.6. The fraction of sp³-hybridized carbons (Fsp3) is 0. The molecule has 0 fully saturated rings. The van der Waals surface area contributed by atoms with Gasteiger partial charge < -0.3 is 9.13 Å². The molecule has 14 aromatic rings. The van der Waals surface area contributed by atoms with Crippen molar-refractivity contribution in [2.75, 3.05) is 0 Å². The summed E-state index contributed by atoms with van der Waals surface area (Å²) in [5.74, 6) is 3.36. The number of para-hydroxylation sites is 2. The lowest BCUT2D eigenvalue weighted by Crippen LogP contribution is -2.05. The number of hydrogen-bond acceptors (Lipinski definition) is 8. The second-order valence-electron chi connectivity index (χ2n) is 18.5. The normalized spacial score (nSPS) is 11.4. The summed E-state index contributed by atoms with van der Waals surface area (Å²) >= 11 is 0. The van der Waals surface area contributed by atoms with Gasteiger partial charge in [-0.25, -0.2) is 29.9 Å². The maximum Gasteiger partial charge on any atom is 0.164 e. The molecule has 0 N–H and O–H groups in total. The van der Waals surface area contributed by atoms with Gasteiger partial charge in [0.2, 0.25) is 0 Å². The minimum absolute atomic E-state index is 0.481. The molecule has 0 aliphatic carbocycles. The van der Waals surface area contributed by atoms with Gasteiger partial charge in [0.15, 0.2) is 34.9 Å². The quantitative estimate of drug-likeness (QED) is 0.140. The van der Waals surface area contributed by atoms with Crippen LogP contribution in [-0.4, -0.2) is 44.0 Å². The number of nitriles is 1. The van der Waals surface area contributed by atoms with Crippen LogP contribution in [0.15, 0.2) is 243 Å². The second-order valence-corrected chi connectivity index (χ2v) is 18.5. The van der Waals surface area contributed by atoms with Gasteiger partial charge in [0.25, 0.3) is 0 Å². The molecule has 0 radical (unpaired) electrons. The Hall–Kier alpha value is -10.8. The number of benzene rings is 9. The van der Waals surface area contributed by atoms with Crippen LogP contribution in [0.1, 0.15) is 5.56 Å². The van der Waals surface area contributed by atoms with Gasteiger partial charge in [0, 0.05) is 67.3 Å². The van der Waals surface area contributed by atoms with Crippen LogP contribution in [0.25, 0.3) is 134 Å². The molecule has 0 atom stereocenters. The summed E-state index contributed by atoms with van der Waals surface area (Å²) in [5, 5.41) is 15.9. The summed E-state index contributed by atoms with van der Waals surface area (Å²) in [4.78, 5) is 34.8. The fourth-order valence-electron chi connectivity index (χ4n) is 10.4. The molecule has 0 spiro atoms. The summed E-state index contributed by atoms with van der Waals surface area (Å²) in [6, 6.07) is 80.4. The van der Waals surface area contributed by atoms with E-state index in [1.54, 1.807) is 12.4 Å². The molecule has 10 heteroatoms. The Bertz CT molecular complexity index is 4190. The van der Waals surface area contributed by atoms with Crippen molar-refractivity contribution in [1.82, 2.24) is 44.0 Å². The van der Waals surface area contributed by atoms with Crippen LogP contribution in [-0.2, 0) is 0 Å². The summed E-state index contributed by atoms with van der Waals surface area (Å²) in [6.45, 7) is 0. The molecule has 0 unspecified atom stereocenters. The zero-order valence-corrected chi connectivity index (χ0v) is 40.6. The molecular weight excluding hydrogens is 933 g/mol. The van der Waals surface area contributed by atoms with Crippen molar-refractivity contribution in [1.29, 1.82) is 5.26 Å². The standard InChI is InChI=1S/C66H40N10/c67-41-54-59(75-55-27-15-13-25-50(55)52-31-29-47(37-57(52)75)65-71-61(43-17-5-1-6-18-43)69-62(72-65)44-19-7-2-8-20-44)39-49(42-33-35-68-36-34-42)40-60(54)76-56-28-16-14-26-51(56)53-32-30-48(38-58(53)76)66-73-63(45-21-9-3-10-22-45)70-64(74-66)46-23-11-4-12-24-46/h1-40H. The van der Waals surface area contributed by atoms with E-state index in [4.69, 9.17) is 29.9 Å². The van der Waals surface area contributed by atoms with E-state index in [1.165, 1.54) is 0 Å². The van der Waals surface area contributed by atoms with Crippen molar-refractivity contribution in [3.05, 3.63) is 248 Å². The van der Waals surface area contributed by atoms with Gasteiger partial charge >= 0.3 is 0 Å². The lowest BCUT2D eigenvalue weighted by atomic mass is 10.0. The SMILES string of the molecule is N#Cc1c(-n2c3ccccc3c3ccc(-c4nc(-c5ccccc5)nc(-c5ccccc5)n4)cc32)cc(-c2ccncc2)cc1-n1c2ccccc2c2ccc(-c3nc(-c4ccccc4)nc(-c4ccccc4)n3)cc21. The molecule has 354 valence electrons. The Morgan fingerprint density at radius 2 is 0.605 bits per heavy atom. The van der Waals surface area contributed by atoms with Gasteiger partial charge in [-0.05, 0) is 59.7 Å². The van der Waals surface area contributed by atoms with Crippen LogP contribution in [0.3, 0.4) is 0 Å². The lowest BCUT2D eigenvalue weighted by molar-refractivity contribution is 1.07. The zero-order valence-electron chi connectivity index (χ0n) is 40.6. The van der Waals surface area contributed by atoms with Gasteiger partial charge in [0.1, 0.15) is 11.6 Å². The van der Waals surface area contributed by atoms with Crippen molar-refractivity contribution >= 4 is 43.6 Å².